The Balaban J connectivity index is 2.70. The molecule has 15 heavy (non-hydrogen) atoms. The molecule has 0 radical (unpaired) electrons. The molecule has 1 aromatic carbocycles. The molecule has 0 aliphatic heterocycles. The average molecular weight is 267 g/mol. The van der Waals surface area contributed by atoms with Crippen LogP contribution in [0.1, 0.15) is 5.69 Å². The lowest BCUT2D eigenvalue weighted by molar-refractivity contribution is 0.930. The van der Waals surface area contributed by atoms with E-state index in [-0.39, 0.29) is 0 Å². The Hall–Kier alpha value is -1.20. The molecule has 0 amide bonds. The fraction of sp³-hybridized carbons (Fsp3) is 0.200. The van der Waals surface area contributed by atoms with Crippen molar-refractivity contribution in [1.82, 2.24) is 9.97 Å². The first-order valence-electron chi connectivity index (χ1n) is 4.62. The van der Waals surface area contributed by atoms with Crippen LogP contribution in [0.15, 0.2) is 22.7 Å². The SMILES string of the molecule is NCCc1nc(N)nc2ccc(Br)cc12. The van der Waals surface area contributed by atoms with Crippen LogP contribution in [-0.4, -0.2) is 16.5 Å². The first-order chi connectivity index (χ1) is 7.20. The van der Waals surface area contributed by atoms with Crippen LogP contribution in [-0.2, 0) is 6.42 Å². The third-order valence-corrected chi connectivity index (χ3v) is 2.63. The van der Waals surface area contributed by atoms with E-state index in [0.717, 1.165) is 21.1 Å². The molecule has 2 rings (SSSR count). The maximum Gasteiger partial charge on any atom is 0.220 e. The molecule has 0 aliphatic carbocycles. The fourth-order valence-corrected chi connectivity index (χ4v) is 1.87. The highest BCUT2D eigenvalue weighted by molar-refractivity contribution is 9.10. The van der Waals surface area contributed by atoms with Crippen molar-refractivity contribution in [2.45, 2.75) is 6.42 Å². The highest BCUT2D eigenvalue weighted by atomic mass is 79.9. The van der Waals surface area contributed by atoms with Gasteiger partial charge in [0, 0.05) is 16.3 Å². The van der Waals surface area contributed by atoms with Crippen LogP contribution in [0.25, 0.3) is 10.9 Å². The number of anilines is 1. The third kappa shape index (κ3) is 2.08. The lowest BCUT2D eigenvalue weighted by Crippen LogP contribution is -2.07. The normalized spacial score (nSPS) is 10.8. The van der Waals surface area contributed by atoms with Crippen LogP contribution in [0.5, 0.6) is 0 Å². The van der Waals surface area contributed by atoms with Gasteiger partial charge in [-0.25, -0.2) is 9.97 Å². The number of hydrogen-bond donors (Lipinski definition) is 2. The predicted molar refractivity (Wildman–Crippen MR) is 64.4 cm³/mol. The summed E-state index contributed by atoms with van der Waals surface area (Å²) in [4.78, 5) is 8.36. The lowest BCUT2D eigenvalue weighted by atomic mass is 10.1. The molecule has 0 spiro atoms. The number of benzene rings is 1. The minimum Gasteiger partial charge on any atom is -0.368 e. The van der Waals surface area contributed by atoms with E-state index in [1.54, 1.807) is 0 Å². The van der Waals surface area contributed by atoms with Gasteiger partial charge < -0.3 is 11.5 Å². The highest BCUT2D eigenvalue weighted by Gasteiger charge is 2.05. The van der Waals surface area contributed by atoms with Gasteiger partial charge in [0.2, 0.25) is 5.95 Å². The molecule has 0 bridgehead atoms. The summed E-state index contributed by atoms with van der Waals surface area (Å²) in [6, 6.07) is 5.83. The van der Waals surface area contributed by atoms with E-state index < -0.39 is 0 Å². The molecule has 1 aromatic heterocycles. The van der Waals surface area contributed by atoms with E-state index in [1.807, 2.05) is 18.2 Å². The summed E-state index contributed by atoms with van der Waals surface area (Å²) in [6.45, 7) is 0.554. The van der Waals surface area contributed by atoms with Gasteiger partial charge in [-0.15, -0.1) is 0 Å². The van der Waals surface area contributed by atoms with Gasteiger partial charge in [0.15, 0.2) is 0 Å². The van der Waals surface area contributed by atoms with E-state index in [1.165, 1.54) is 0 Å². The summed E-state index contributed by atoms with van der Waals surface area (Å²) < 4.78 is 1.00. The fourth-order valence-electron chi connectivity index (χ4n) is 1.51. The average Bonchev–Trinajstić information content (AvgIpc) is 2.19. The van der Waals surface area contributed by atoms with Crippen molar-refractivity contribution < 1.29 is 0 Å². The molecular weight excluding hydrogens is 256 g/mol. The summed E-state index contributed by atoms with van der Waals surface area (Å²) in [5, 5.41) is 1.00. The van der Waals surface area contributed by atoms with Crippen molar-refractivity contribution in [2.75, 3.05) is 12.3 Å². The molecule has 0 aliphatic rings. The second kappa shape index (κ2) is 4.12. The van der Waals surface area contributed by atoms with Gasteiger partial charge >= 0.3 is 0 Å². The largest absolute Gasteiger partial charge is 0.368 e. The molecular formula is C10H11BrN4. The predicted octanol–water partition coefficient (Wildman–Crippen LogP) is 1.48. The van der Waals surface area contributed by atoms with Crippen LogP contribution in [0, 0.1) is 0 Å². The zero-order valence-electron chi connectivity index (χ0n) is 8.07. The molecule has 1 heterocycles. The van der Waals surface area contributed by atoms with Gasteiger partial charge in [-0.05, 0) is 24.7 Å². The van der Waals surface area contributed by atoms with Gasteiger partial charge in [-0.3, -0.25) is 0 Å². The van der Waals surface area contributed by atoms with Crippen molar-refractivity contribution in [3.05, 3.63) is 28.4 Å². The van der Waals surface area contributed by atoms with Crippen LogP contribution in [0.4, 0.5) is 5.95 Å². The zero-order chi connectivity index (χ0) is 10.8. The number of aromatic nitrogens is 2. The maximum absolute atomic E-state index is 5.62. The Kier molecular flexibility index (Phi) is 2.83. The Morgan fingerprint density at radius 3 is 2.80 bits per heavy atom. The molecule has 0 unspecified atom stereocenters. The summed E-state index contributed by atoms with van der Waals surface area (Å²) in [5.41, 5.74) is 12.9. The number of nitrogens with zero attached hydrogens (tertiary/aromatic N) is 2. The van der Waals surface area contributed by atoms with Crippen molar-refractivity contribution in [1.29, 1.82) is 0 Å². The van der Waals surface area contributed by atoms with Crippen molar-refractivity contribution in [2.24, 2.45) is 5.73 Å². The Bertz CT molecular complexity index is 498. The molecule has 0 atom stereocenters. The molecule has 0 fully saturated rings. The topological polar surface area (TPSA) is 77.8 Å². The third-order valence-electron chi connectivity index (χ3n) is 2.14. The van der Waals surface area contributed by atoms with Gasteiger partial charge in [0.25, 0.3) is 0 Å². The number of fused-ring (bicyclic) bond motifs is 1. The van der Waals surface area contributed by atoms with Crippen LogP contribution in [0.2, 0.25) is 0 Å². The number of hydrogen-bond acceptors (Lipinski definition) is 4. The molecule has 2 aromatic rings. The standard InChI is InChI=1S/C10H11BrN4/c11-6-1-2-8-7(5-6)9(3-4-12)15-10(13)14-8/h1-2,5H,3-4,12H2,(H2,13,14,15). The molecule has 5 heteroatoms. The van der Waals surface area contributed by atoms with E-state index in [4.69, 9.17) is 11.5 Å². The minimum absolute atomic E-state index is 0.299. The summed E-state index contributed by atoms with van der Waals surface area (Å²) >= 11 is 3.42. The first kappa shape index (κ1) is 10.3. The number of nitrogen functional groups attached to an aromatic ring is 1. The number of halogens is 1. The molecule has 0 saturated heterocycles. The van der Waals surface area contributed by atoms with Crippen LogP contribution in [0.3, 0.4) is 0 Å². The van der Waals surface area contributed by atoms with Gasteiger partial charge in [0.05, 0.1) is 11.2 Å². The molecule has 4 N–H and O–H groups in total. The smallest absolute Gasteiger partial charge is 0.220 e. The van der Waals surface area contributed by atoms with E-state index >= 15 is 0 Å². The zero-order valence-corrected chi connectivity index (χ0v) is 9.66. The van der Waals surface area contributed by atoms with Gasteiger partial charge in [-0.1, -0.05) is 15.9 Å². The molecule has 0 saturated carbocycles. The quantitative estimate of drug-likeness (QED) is 0.863. The Morgan fingerprint density at radius 2 is 2.07 bits per heavy atom. The number of nitrogens with two attached hydrogens (primary N) is 2. The second-order valence-electron chi connectivity index (χ2n) is 3.23. The maximum atomic E-state index is 5.62. The van der Waals surface area contributed by atoms with Gasteiger partial charge in [0.1, 0.15) is 0 Å². The van der Waals surface area contributed by atoms with Crippen LogP contribution >= 0.6 is 15.9 Å². The first-order valence-corrected chi connectivity index (χ1v) is 5.41. The van der Waals surface area contributed by atoms with E-state index in [0.29, 0.717) is 18.9 Å². The van der Waals surface area contributed by atoms with E-state index in [2.05, 4.69) is 25.9 Å². The minimum atomic E-state index is 0.299. The summed E-state index contributed by atoms with van der Waals surface area (Å²) in [6.07, 6.45) is 0.708. The second-order valence-corrected chi connectivity index (χ2v) is 4.14. The van der Waals surface area contributed by atoms with Gasteiger partial charge in [-0.2, -0.15) is 0 Å². The number of rotatable bonds is 2. The Morgan fingerprint density at radius 1 is 1.27 bits per heavy atom. The monoisotopic (exact) mass is 266 g/mol. The molecule has 78 valence electrons. The Labute approximate surface area is 95.8 Å². The van der Waals surface area contributed by atoms with Crippen molar-refractivity contribution in [3.63, 3.8) is 0 Å². The summed E-state index contributed by atoms with van der Waals surface area (Å²) in [5.74, 6) is 0.299. The van der Waals surface area contributed by atoms with Crippen molar-refractivity contribution >= 4 is 32.8 Å². The molecule has 4 nitrogen and oxygen atoms in total. The van der Waals surface area contributed by atoms with E-state index in [9.17, 15) is 0 Å². The highest BCUT2D eigenvalue weighted by Crippen LogP contribution is 2.21. The lowest BCUT2D eigenvalue weighted by Gasteiger charge is -2.05. The van der Waals surface area contributed by atoms with Crippen molar-refractivity contribution in [3.8, 4) is 0 Å². The summed E-state index contributed by atoms with van der Waals surface area (Å²) in [7, 11) is 0. The van der Waals surface area contributed by atoms with Crippen LogP contribution < -0.4 is 11.5 Å².